The molecule has 1 aliphatic rings. The lowest BCUT2D eigenvalue weighted by Gasteiger charge is -2.22. The Balaban J connectivity index is 2.01. The molecule has 1 N–H and O–H groups in total. The first-order chi connectivity index (χ1) is 9.09. The van der Waals surface area contributed by atoms with Crippen LogP contribution < -0.4 is 0 Å². The van der Waals surface area contributed by atoms with Gasteiger partial charge in [-0.15, -0.1) is 5.10 Å². The molecular formula is C13H15N3O3. The second-order valence-corrected chi connectivity index (χ2v) is 5.13. The number of benzene rings is 1. The Kier molecular flexibility index (Phi) is 2.74. The summed E-state index contributed by atoms with van der Waals surface area (Å²) in [6, 6.07) is 5.08. The van der Waals surface area contributed by atoms with Crippen molar-refractivity contribution in [3.8, 4) is 0 Å². The van der Waals surface area contributed by atoms with Crippen molar-refractivity contribution >= 4 is 17.0 Å². The van der Waals surface area contributed by atoms with E-state index < -0.39 is 5.97 Å². The average Bonchev–Trinajstić information content (AvgIpc) is 2.97. The molecule has 1 unspecified atom stereocenters. The molecule has 1 saturated heterocycles. The standard InChI is InChI=1S/C13H15N3O3/c1-13(6-3-7-19-13)8-16-10-5-2-4-9(12(17)18)11(10)14-15-16/h2,4-5H,3,6-8H2,1H3,(H,17,18). The number of nitrogens with zero attached hydrogens (tertiary/aromatic N) is 3. The van der Waals surface area contributed by atoms with Crippen LogP contribution in [0.4, 0.5) is 0 Å². The summed E-state index contributed by atoms with van der Waals surface area (Å²) in [5, 5.41) is 17.2. The highest BCUT2D eigenvalue weighted by Gasteiger charge is 2.31. The number of aromatic carboxylic acids is 1. The Morgan fingerprint density at radius 1 is 1.58 bits per heavy atom. The Labute approximate surface area is 110 Å². The van der Waals surface area contributed by atoms with E-state index in [0.717, 1.165) is 25.0 Å². The summed E-state index contributed by atoms with van der Waals surface area (Å²) in [4.78, 5) is 11.1. The van der Waals surface area contributed by atoms with Gasteiger partial charge in [0.1, 0.15) is 5.52 Å². The van der Waals surface area contributed by atoms with Crippen molar-refractivity contribution in [1.82, 2.24) is 15.0 Å². The van der Waals surface area contributed by atoms with E-state index in [4.69, 9.17) is 9.84 Å². The molecule has 19 heavy (non-hydrogen) atoms. The molecule has 6 heteroatoms. The predicted octanol–water partition coefficient (Wildman–Crippen LogP) is 1.70. The molecule has 6 nitrogen and oxygen atoms in total. The van der Waals surface area contributed by atoms with E-state index in [1.807, 2.05) is 6.07 Å². The Hall–Kier alpha value is -1.95. The number of ether oxygens (including phenoxy) is 1. The maximum absolute atomic E-state index is 11.1. The average molecular weight is 261 g/mol. The quantitative estimate of drug-likeness (QED) is 0.909. The van der Waals surface area contributed by atoms with Crippen molar-refractivity contribution in [2.24, 2.45) is 0 Å². The van der Waals surface area contributed by atoms with E-state index in [0.29, 0.717) is 12.1 Å². The number of carboxylic acid groups (broad SMARTS) is 1. The Morgan fingerprint density at radius 2 is 2.42 bits per heavy atom. The zero-order valence-corrected chi connectivity index (χ0v) is 10.7. The fourth-order valence-electron chi connectivity index (χ4n) is 2.56. The highest BCUT2D eigenvalue weighted by atomic mass is 16.5. The maximum Gasteiger partial charge on any atom is 0.338 e. The number of rotatable bonds is 3. The molecule has 1 fully saturated rings. The lowest BCUT2D eigenvalue weighted by Crippen LogP contribution is -2.30. The van der Waals surface area contributed by atoms with Crippen LogP contribution in [-0.2, 0) is 11.3 Å². The van der Waals surface area contributed by atoms with E-state index >= 15 is 0 Å². The molecule has 0 spiro atoms. The fraction of sp³-hybridized carbons (Fsp3) is 0.462. The van der Waals surface area contributed by atoms with Crippen LogP contribution in [0.5, 0.6) is 0 Å². The van der Waals surface area contributed by atoms with E-state index in [1.165, 1.54) is 6.07 Å². The monoisotopic (exact) mass is 261 g/mol. The van der Waals surface area contributed by atoms with Crippen LogP contribution in [0.1, 0.15) is 30.1 Å². The first-order valence-corrected chi connectivity index (χ1v) is 6.29. The van der Waals surface area contributed by atoms with Gasteiger partial charge in [0, 0.05) is 6.61 Å². The van der Waals surface area contributed by atoms with Gasteiger partial charge in [0.15, 0.2) is 0 Å². The first kappa shape index (κ1) is 12.1. The van der Waals surface area contributed by atoms with Crippen molar-refractivity contribution in [3.63, 3.8) is 0 Å². The minimum atomic E-state index is -0.985. The van der Waals surface area contributed by atoms with Crippen molar-refractivity contribution in [1.29, 1.82) is 0 Å². The van der Waals surface area contributed by atoms with Crippen LogP contribution in [0.3, 0.4) is 0 Å². The molecule has 100 valence electrons. The molecule has 3 rings (SSSR count). The zero-order valence-electron chi connectivity index (χ0n) is 10.7. The van der Waals surface area contributed by atoms with Crippen LogP contribution in [0.15, 0.2) is 18.2 Å². The van der Waals surface area contributed by atoms with Crippen molar-refractivity contribution in [3.05, 3.63) is 23.8 Å². The minimum absolute atomic E-state index is 0.182. The topological polar surface area (TPSA) is 77.2 Å². The highest BCUT2D eigenvalue weighted by Crippen LogP contribution is 2.28. The van der Waals surface area contributed by atoms with E-state index in [9.17, 15) is 4.79 Å². The van der Waals surface area contributed by atoms with Crippen molar-refractivity contribution in [2.75, 3.05) is 6.61 Å². The van der Waals surface area contributed by atoms with Gasteiger partial charge in [0.05, 0.1) is 23.2 Å². The smallest absolute Gasteiger partial charge is 0.338 e. The van der Waals surface area contributed by atoms with Crippen LogP contribution in [0, 0.1) is 0 Å². The van der Waals surface area contributed by atoms with Crippen LogP contribution in [-0.4, -0.2) is 38.3 Å². The van der Waals surface area contributed by atoms with Gasteiger partial charge in [0.25, 0.3) is 0 Å². The third-order valence-corrected chi connectivity index (χ3v) is 3.56. The first-order valence-electron chi connectivity index (χ1n) is 6.29. The molecule has 0 amide bonds. The molecule has 1 atom stereocenters. The summed E-state index contributed by atoms with van der Waals surface area (Å²) in [7, 11) is 0. The Morgan fingerprint density at radius 3 is 3.11 bits per heavy atom. The lowest BCUT2D eigenvalue weighted by atomic mass is 10.0. The number of fused-ring (bicyclic) bond motifs is 1. The number of aromatic nitrogens is 3. The summed E-state index contributed by atoms with van der Waals surface area (Å²) in [6.45, 7) is 3.41. The molecule has 1 aromatic carbocycles. The number of hydrogen-bond donors (Lipinski definition) is 1. The van der Waals surface area contributed by atoms with Gasteiger partial charge in [-0.3, -0.25) is 0 Å². The van der Waals surface area contributed by atoms with E-state index in [1.54, 1.807) is 10.7 Å². The van der Waals surface area contributed by atoms with Crippen LogP contribution in [0.2, 0.25) is 0 Å². The van der Waals surface area contributed by atoms with Gasteiger partial charge in [0.2, 0.25) is 0 Å². The SMILES string of the molecule is CC1(Cn2nnc3c(C(=O)O)cccc32)CCCO1. The number of hydrogen-bond acceptors (Lipinski definition) is 4. The zero-order chi connectivity index (χ0) is 13.5. The van der Waals surface area contributed by atoms with Gasteiger partial charge in [-0.1, -0.05) is 11.3 Å². The molecule has 0 bridgehead atoms. The highest BCUT2D eigenvalue weighted by molar-refractivity contribution is 6.00. The molecule has 0 aliphatic carbocycles. The van der Waals surface area contributed by atoms with Crippen LogP contribution in [0.25, 0.3) is 11.0 Å². The maximum atomic E-state index is 11.1. The fourth-order valence-corrected chi connectivity index (χ4v) is 2.56. The molecule has 2 heterocycles. The second kappa shape index (κ2) is 4.31. The summed E-state index contributed by atoms with van der Waals surface area (Å²) >= 11 is 0. The molecule has 2 aromatic rings. The predicted molar refractivity (Wildman–Crippen MR) is 68.1 cm³/mol. The number of carbonyl (C=O) groups is 1. The molecule has 0 saturated carbocycles. The van der Waals surface area contributed by atoms with Crippen molar-refractivity contribution in [2.45, 2.75) is 31.9 Å². The second-order valence-electron chi connectivity index (χ2n) is 5.13. The van der Waals surface area contributed by atoms with Gasteiger partial charge >= 0.3 is 5.97 Å². The van der Waals surface area contributed by atoms with Gasteiger partial charge in [-0.05, 0) is 31.9 Å². The largest absolute Gasteiger partial charge is 0.478 e. The van der Waals surface area contributed by atoms with Gasteiger partial charge in [-0.25, -0.2) is 9.48 Å². The molecule has 1 aromatic heterocycles. The summed E-state index contributed by atoms with van der Waals surface area (Å²) in [6.07, 6.45) is 2.02. The van der Waals surface area contributed by atoms with Crippen molar-refractivity contribution < 1.29 is 14.6 Å². The van der Waals surface area contributed by atoms with Gasteiger partial charge < -0.3 is 9.84 Å². The molecule has 0 radical (unpaired) electrons. The third-order valence-electron chi connectivity index (χ3n) is 3.56. The number of carboxylic acids is 1. The summed E-state index contributed by atoms with van der Waals surface area (Å²) < 4.78 is 7.46. The Bertz CT molecular complexity index is 629. The van der Waals surface area contributed by atoms with Gasteiger partial charge in [-0.2, -0.15) is 0 Å². The normalized spacial score (nSPS) is 23.0. The van der Waals surface area contributed by atoms with E-state index in [-0.39, 0.29) is 11.2 Å². The summed E-state index contributed by atoms with van der Waals surface area (Å²) in [5.41, 5.74) is 1.11. The van der Waals surface area contributed by atoms with E-state index in [2.05, 4.69) is 17.2 Å². The molecular weight excluding hydrogens is 246 g/mol. The third kappa shape index (κ3) is 2.08. The molecule has 1 aliphatic heterocycles. The summed E-state index contributed by atoms with van der Waals surface area (Å²) in [5.74, 6) is -0.985. The minimum Gasteiger partial charge on any atom is -0.478 e. The van der Waals surface area contributed by atoms with Crippen LogP contribution >= 0.6 is 0 Å². The lowest BCUT2D eigenvalue weighted by molar-refractivity contribution is 0.00416.